The second-order valence-electron chi connectivity index (χ2n) is 8.01. The first-order chi connectivity index (χ1) is 17.9. The Kier molecular flexibility index (Phi) is 8.24. The number of hydrogen-bond acceptors (Lipinski definition) is 7. The average molecular weight is 521 g/mol. The third-order valence-corrected chi connectivity index (χ3v) is 7.69. The van der Waals surface area contributed by atoms with Crippen molar-refractivity contribution in [2.75, 3.05) is 19.8 Å². The molecule has 0 aliphatic heterocycles. The zero-order chi connectivity index (χ0) is 26.4. The largest absolute Gasteiger partial charge is 0.494 e. The fourth-order valence-electron chi connectivity index (χ4n) is 3.98. The van der Waals surface area contributed by atoms with E-state index < -0.39 is 13.6 Å². The Balaban J connectivity index is 1.88. The summed E-state index contributed by atoms with van der Waals surface area (Å²) in [6.07, 6.45) is 0. The molecule has 2 N–H and O–H groups in total. The number of nitrogens with one attached hydrogen (secondary N) is 1. The molecule has 192 valence electrons. The molecular weight excluding hydrogens is 491 g/mol. The number of ether oxygens (including phenoxy) is 1. The van der Waals surface area contributed by atoms with E-state index in [0.29, 0.717) is 38.7 Å². The Morgan fingerprint density at radius 1 is 0.892 bits per heavy atom. The van der Waals surface area contributed by atoms with E-state index in [1.807, 2.05) is 30.3 Å². The van der Waals surface area contributed by atoms with Crippen LogP contribution in [0.4, 0.5) is 5.69 Å². The summed E-state index contributed by atoms with van der Waals surface area (Å²) in [4.78, 5) is 19.9. The molecule has 37 heavy (non-hydrogen) atoms. The van der Waals surface area contributed by atoms with Crippen LogP contribution < -0.4 is 5.30 Å². The van der Waals surface area contributed by atoms with Gasteiger partial charge in [-0.2, -0.15) is 0 Å². The van der Waals surface area contributed by atoms with Crippen molar-refractivity contribution in [2.24, 2.45) is 4.99 Å². The van der Waals surface area contributed by atoms with Crippen LogP contribution in [-0.2, 0) is 18.3 Å². The van der Waals surface area contributed by atoms with E-state index in [4.69, 9.17) is 18.8 Å². The number of aromatic amines is 1. The molecule has 1 heterocycles. The van der Waals surface area contributed by atoms with E-state index in [1.54, 1.807) is 63.2 Å². The van der Waals surface area contributed by atoms with Crippen LogP contribution in [0.1, 0.15) is 42.3 Å². The molecule has 0 saturated heterocycles. The second-order valence-corrected chi connectivity index (χ2v) is 10.0. The molecular formula is C28H29N2O6P. The summed E-state index contributed by atoms with van der Waals surface area (Å²) in [5.41, 5.74) is 3.33. The van der Waals surface area contributed by atoms with Gasteiger partial charge in [0, 0.05) is 16.5 Å². The van der Waals surface area contributed by atoms with Crippen molar-refractivity contribution in [1.82, 2.24) is 4.98 Å². The molecule has 0 unspecified atom stereocenters. The van der Waals surface area contributed by atoms with Crippen molar-refractivity contribution in [3.05, 3.63) is 89.5 Å². The van der Waals surface area contributed by atoms with Gasteiger partial charge in [-0.1, -0.05) is 30.3 Å². The number of esters is 1. The van der Waals surface area contributed by atoms with Gasteiger partial charge >= 0.3 is 13.6 Å². The SMILES string of the molecule is CCOC(=O)c1ccc(N=C(c2ccccc2)c2c(O)[nH]c3ccc(P(=O)(OCC)OCC)cc23)cc1. The predicted molar refractivity (Wildman–Crippen MR) is 145 cm³/mol. The van der Waals surface area contributed by atoms with Crippen molar-refractivity contribution in [1.29, 1.82) is 0 Å². The number of benzene rings is 3. The smallest absolute Gasteiger partial charge is 0.361 e. The zero-order valence-corrected chi connectivity index (χ0v) is 21.8. The summed E-state index contributed by atoms with van der Waals surface area (Å²) in [5, 5.41) is 12.0. The maximum atomic E-state index is 13.5. The van der Waals surface area contributed by atoms with Crippen LogP contribution in [0.25, 0.3) is 10.9 Å². The fraction of sp³-hybridized carbons (Fsp3) is 0.214. The first kappa shape index (κ1) is 26.4. The van der Waals surface area contributed by atoms with Gasteiger partial charge < -0.3 is 23.9 Å². The van der Waals surface area contributed by atoms with E-state index >= 15 is 0 Å². The standard InChI is InChI=1S/C28H29N2O6P/c1-4-34-28(32)20-12-14-21(15-13-20)29-26(19-10-8-7-9-11-19)25-23-18-22(16-17-24(23)30-27(25)31)37(33,35-5-2)36-6-3/h7-18,30-31H,4-6H2,1-3H3. The Morgan fingerprint density at radius 2 is 1.57 bits per heavy atom. The number of carbonyl (C=O) groups is 1. The van der Waals surface area contributed by atoms with E-state index in [9.17, 15) is 14.5 Å². The zero-order valence-electron chi connectivity index (χ0n) is 20.9. The molecule has 4 aromatic rings. The summed E-state index contributed by atoms with van der Waals surface area (Å²) >= 11 is 0. The summed E-state index contributed by atoms with van der Waals surface area (Å²) in [7, 11) is -3.56. The number of fused-ring (bicyclic) bond motifs is 1. The van der Waals surface area contributed by atoms with E-state index in [1.165, 1.54) is 0 Å². The maximum absolute atomic E-state index is 13.5. The van der Waals surface area contributed by atoms with E-state index in [2.05, 4.69) is 4.98 Å². The minimum atomic E-state index is -3.56. The highest BCUT2D eigenvalue weighted by atomic mass is 31.2. The molecule has 0 saturated carbocycles. The number of aliphatic imine (C=N–C) groups is 1. The van der Waals surface area contributed by atoms with Gasteiger partial charge in [-0.25, -0.2) is 9.79 Å². The van der Waals surface area contributed by atoms with Crippen molar-refractivity contribution < 1.29 is 28.3 Å². The van der Waals surface area contributed by atoms with Crippen molar-refractivity contribution in [2.45, 2.75) is 20.8 Å². The first-order valence-electron chi connectivity index (χ1n) is 12.1. The molecule has 3 aromatic carbocycles. The summed E-state index contributed by atoms with van der Waals surface area (Å²) < 4.78 is 29.6. The van der Waals surface area contributed by atoms with Gasteiger partial charge in [-0.05, 0) is 63.2 Å². The molecule has 9 heteroatoms. The Morgan fingerprint density at radius 3 is 2.19 bits per heavy atom. The number of H-pyrrole nitrogens is 1. The quantitative estimate of drug-likeness (QED) is 0.148. The van der Waals surface area contributed by atoms with Crippen LogP contribution in [0.15, 0.2) is 77.8 Å². The number of aromatic hydroxyl groups is 1. The molecule has 4 rings (SSSR count). The van der Waals surface area contributed by atoms with E-state index in [0.717, 1.165) is 5.56 Å². The van der Waals surface area contributed by atoms with Crippen molar-refractivity contribution in [3.8, 4) is 5.88 Å². The lowest BCUT2D eigenvalue weighted by atomic mass is 10.0. The Bertz CT molecular complexity index is 1450. The molecule has 0 fully saturated rings. The molecule has 0 bridgehead atoms. The highest BCUT2D eigenvalue weighted by molar-refractivity contribution is 7.62. The van der Waals surface area contributed by atoms with Crippen LogP contribution in [0.2, 0.25) is 0 Å². The maximum Gasteiger partial charge on any atom is 0.361 e. The topological polar surface area (TPSA) is 110 Å². The molecule has 0 spiro atoms. The van der Waals surface area contributed by atoms with Gasteiger partial charge in [-0.3, -0.25) is 4.57 Å². The van der Waals surface area contributed by atoms with Gasteiger partial charge in [-0.15, -0.1) is 0 Å². The molecule has 0 amide bonds. The van der Waals surface area contributed by atoms with Crippen LogP contribution in [0.3, 0.4) is 0 Å². The van der Waals surface area contributed by atoms with Crippen LogP contribution >= 0.6 is 7.60 Å². The molecule has 1 aromatic heterocycles. The number of rotatable bonds is 10. The predicted octanol–water partition coefficient (Wildman–Crippen LogP) is 6.11. The number of aromatic nitrogens is 1. The monoisotopic (exact) mass is 520 g/mol. The highest BCUT2D eigenvalue weighted by Crippen LogP contribution is 2.47. The molecule has 8 nitrogen and oxygen atoms in total. The normalized spacial score (nSPS) is 12.1. The average Bonchev–Trinajstić information content (AvgIpc) is 3.23. The minimum absolute atomic E-state index is 0.0828. The lowest BCUT2D eigenvalue weighted by molar-refractivity contribution is 0.0526. The van der Waals surface area contributed by atoms with Gasteiger partial charge in [0.15, 0.2) is 5.88 Å². The van der Waals surface area contributed by atoms with Crippen LogP contribution in [0.5, 0.6) is 5.88 Å². The molecule has 0 aliphatic rings. The Labute approximate surface area is 215 Å². The Hall–Kier alpha value is -3.71. The second kappa shape index (κ2) is 11.6. The lowest BCUT2D eigenvalue weighted by Crippen LogP contribution is -2.11. The lowest BCUT2D eigenvalue weighted by Gasteiger charge is -2.17. The molecule has 0 aliphatic carbocycles. The van der Waals surface area contributed by atoms with Crippen molar-refractivity contribution >= 4 is 41.2 Å². The number of hydrogen-bond donors (Lipinski definition) is 2. The highest BCUT2D eigenvalue weighted by Gasteiger charge is 2.28. The van der Waals surface area contributed by atoms with Crippen molar-refractivity contribution in [3.63, 3.8) is 0 Å². The minimum Gasteiger partial charge on any atom is -0.494 e. The third kappa shape index (κ3) is 5.67. The molecule has 0 atom stereocenters. The molecule has 0 radical (unpaired) electrons. The fourth-order valence-corrected chi connectivity index (χ4v) is 5.58. The number of carbonyl (C=O) groups excluding carboxylic acids is 1. The van der Waals surface area contributed by atoms with Gasteiger partial charge in [0.1, 0.15) is 0 Å². The summed E-state index contributed by atoms with van der Waals surface area (Å²) in [5.74, 6) is -0.489. The van der Waals surface area contributed by atoms with Crippen LogP contribution in [-0.4, -0.2) is 41.6 Å². The van der Waals surface area contributed by atoms with Crippen LogP contribution in [0, 0.1) is 0 Å². The van der Waals surface area contributed by atoms with Gasteiger partial charge in [0.25, 0.3) is 0 Å². The van der Waals surface area contributed by atoms with Gasteiger partial charge in [0.2, 0.25) is 0 Å². The number of nitrogens with zero attached hydrogens (tertiary/aromatic N) is 1. The first-order valence-corrected chi connectivity index (χ1v) is 13.6. The van der Waals surface area contributed by atoms with E-state index in [-0.39, 0.29) is 25.7 Å². The third-order valence-electron chi connectivity index (χ3n) is 5.58. The summed E-state index contributed by atoms with van der Waals surface area (Å²) in [6.45, 7) is 6.00. The van der Waals surface area contributed by atoms with Gasteiger partial charge in [0.05, 0.1) is 47.7 Å². The summed E-state index contributed by atoms with van der Waals surface area (Å²) in [6, 6.07) is 21.2.